The van der Waals surface area contributed by atoms with Gasteiger partial charge in [-0.3, -0.25) is 0 Å². The molecule has 4 N–H and O–H groups in total. The number of hydrogen-bond donors (Lipinski definition) is 3. The third kappa shape index (κ3) is 2.28. The average Bonchev–Trinajstić information content (AvgIpc) is 2.81. The van der Waals surface area contributed by atoms with Gasteiger partial charge in [0.15, 0.2) is 0 Å². The smallest absolute Gasteiger partial charge is 0.245 e. The number of aromatic nitrogens is 1. The summed E-state index contributed by atoms with van der Waals surface area (Å²) in [4.78, 5) is 3.09. The van der Waals surface area contributed by atoms with Crippen LogP contribution in [0.1, 0.15) is 13.8 Å². The van der Waals surface area contributed by atoms with Crippen LogP contribution in [-0.4, -0.2) is 42.0 Å². The van der Waals surface area contributed by atoms with Gasteiger partial charge in [0.25, 0.3) is 0 Å². The molecule has 0 saturated carbocycles. The summed E-state index contributed by atoms with van der Waals surface area (Å²) in [6.07, 6.45) is 1.45. The van der Waals surface area contributed by atoms with E-state index >= 15 is 0 Å². The minimum atomic E-state index is -3.70. The molecule has 0 aliphatic rings. The van der Waals surface area contributed by atoms with Crippen LogP contribution < -0.4 is 5.73 Å². The molecule has 110 valence electrons. The van der Waals surface area contributed by atoms with Crippen molar-refractivity contribution in [1.29, 1.82) is 0 Å². The minimum Gasteiger partial charge on any atom is -0.399 e. The second-order valence-electron chi connectivity index (χ2n) is 5.40. The van der Waals surface area contributed by atoms with E-state index in [2.05, 4.69) is 4.98 Å². The van der Waals surface area contributed by atoms with Gasteiger partial charge in [-0.2, -0.15) is 4.31 Å². The first-order chi connectivity index (χ1) is 9.20. The van der Waals surface area contributed by atoms with Crippen molar-refractivity contribution >= 4 is 26.6 Å². The van der Waals surface area contributed by atoms with Crippen LogP contribution in [0, 0.1) is 0 Å². The normalized spacial score (nSPS) is 13.2. The van der Waals surface area contributed by atoms with Gasteiger partial charge in [0, 0.05) is 29.8 Å². The number of H-pyrrole nitrogens is 1. The first-order valence-corrected chi connectivity index (χ1v) is 7.60. The molecule has 0 spiro atoms. The van der Waals surface area contributed by atoms with Crippen LogP contribution >= 0.6 is 0 Å². The van der Waals surface area contributed by atoms with Gasteiger partial charge in [-0.15, -0.1) is 0 Å². The molecule has 0 atom stereocenters. The van der Waals surface area contributed by atoms with Gasteiger partial charge in [0.1, 0.15) is 4.90 Å². The van der Waals surface area contributed by atoms with Gasteiger partial charge in [-0.25, -0.2) is 8.42 Å². The van der Waals surface area contributed by atoms with Crippen molar-refractivity contribution in [1.82, 2.24) is 9.29 Å². The predicted molar refractivity (Wildman–Crippen MR) is 78.8 cm³/mol. The van der Waals surface area contributed by atoms with Gasteiger partial charge in [-0.05, 0) is 32.0 Å². The van der Waals surface area contributed by atoms with E-state index in [1.54, 1.807) is 32.0 Å². The molecule has 0 amide bonds. The number of likely N-dealkylation sites (N-methyl/N-ethyl adjacent to an activating group) is 1. The second-order valence-corrected chi connectivity index (χ2v) is 7.34. The summed E-state index contributed by atoms with van der Waals surface area (Å²) in [5.74, 6) is 0. The monoisotopic (exact) mass is 297 g/mol. The maximum Gasteiger partial charge on any atom is 0.245 e. The Balaban J connectivity index is 2.58. The van der Waals surface area contributed by atoms with E-state index in [-0.39, 0.29) is 11.5 Å². The number of aromatic amines is 1. The van der Waals surface area contributed by atoms with Crippen molar-refractivity contribution < 1.29 is 13.5 Å². The van der Waals surface area contributed by atoms with Crippen molar-refractivity contribution in [3.63, 3.8) is 0 Å². The number of nitrogen functional groups attached to an aromatic ring is 1. The quantitative estimate of drug-likeness (QED) is 0.737. The molecule has 0 bridgehead atoms. The van der Waals surface area contributed by atoms with Crippen molar-refractivity contribution in [2.45, 2.75) is 24.3 Å². The van der Waals surface area contributed by atoms with E-state index in [4.69, 9.17) is 5.73 Å². The van der Waals surface area contributed by atoms with E-state index in [0.29, 0.717) is 16.6 Å². The lowest BCUT2D eigenvalue weighted by molar-refractivity contribution is 0.138. The van der Waals surface area contributed by atoms with Crippen LogP contribution in [0.2, 0.25) is 0 Å². The van der Waals surface area contributed by atoms with Gasteiger partial charge >= 0.3 is 0 Å². The number of nitrogens with zero attached hydrogens (tertiary/aromatic N) is 1. The molecule has 0 radical (unpaired) electrons. The molecule has 20 heavy (non-hydrogen) atoms. The van der Waals surface area contributed by atoms with Crippen molar-refractivity contribution in [3.8, 4) is 0 Å². The Hall–Kier alpha value is -1.57. The standard InChI is InChI=1S/C13H19N3O3S/c1-13(2,8-17)16(3)20(18,19)12-7-15-11-6-9(14)4-5-10(11)12/h4-7,15,17H,8,14H2,1-3H3. The van der Waals surface area contributed by atoms with Crippen molar-refractivity contribution in [2.24, 2.45) is 0 Å². The molecule has 0 aliphatic carbocycles. The Bertz CT molecular complexity index is 734. The lowest BCUT2D eigenvalue weighted by Gasteiger charge is -2.32. The summed E-state index contributed by atoms with van der Waals surface area (Å²) in [6.45, 7) is 3.06. The number of rotatable bonds is 4. The molecule has 0 fully saturated rings. The van der Waals surface area contributed by atoms with E-state index in [1.165, 1.54) is 17.5 Å². The maximum atomic E-state index is 12.7. The first-order valence-electron chi connectivity index (χ1n) is 6.16. The molecule has 2 aromatic rings. The number of aliphatic hydroxyl groups is 1. The zero-order valence-electron chi connectivity index (χ0n) is 11.7. The summed E-state index contributed by atoms with van der Waals surface area (Å²) >= 11 is 0. The maximum absolute atomic E-state index is 12.7. The number of nitrogens with one attached hydrogen (secondary N) is 1. The molecule has 0 saturated heterocycles. The Labute approximate surface area is 118 Å². The number of fused-ring (bicyclic) bond motifs is 1. The number of aliphatic hydroxyl groups excluding tert-OH is 1. The predicted octanol–water partition coefficient (Wildman–Crippen LogP) is 1.14. The summed E-state index contributed by atoms with van der Waals surface area (Å²) < 4.78 is 26.5. The first kappa shape index (κ1) is 14.8. The molecular formula is C13H19N3O3S. The Kier molecular flexibility index (Phi) is 3.53. The summed E-state index contributed by atoms with van der Waals surface area (Å²) in [6, 6.07) is 5.02. The van der Waals surface area contributed by atoms with Gasteiger partial charge in [0.2, 0.25) is 10.0 Å². The fraction of sp³-hybridized carbons (Fsp3) is 0.385. The van der Waals surface area contributed by atoms with Crippen LogP contribution in [0.25, 0.3) is 10.9 Å². The second kappa shape index (κ2) is 4.76. The highest BCUT2D eigenvalue weighted by molar-refractivity contribution is 7.89. The molecule has 1 aromatic heterocycles. The largest absolute Gasteiger partial charge is 0.399 e. The van der Waals surface area contributed by atoms with E-state index < -0.39 is 15.6 Å². The SMILES string of the molecule is CN(C(C)(C)CO)S(=O)(=O)c1c[nH]c2cc(N)ccc12. The summed E-state index contributed by atoms with van der Waals surface area (Å²) in [5.41, 5.74) is 6.03. The molecule has 0 aliphatic heterocycles. The van der Waals surface area contributed by atoms with Gasteiger partial charge < -0.3 is 15.8 Å². The van der Waals surface area contributed by atoms with E-state index in [1.807, 2.05) is 0 Å². The molecule has 6 nitrogen and oxygen atoms in total. The number of nitrogens with two attached hydrogens (primary N) is 1. The third-order valence-electron chi connectivity index (χ3n) is 3.55. The fourth-order valence-corrected chi connectivity index (χ4v) is 3.57. The van der Waals surface area contributed by atoms with Gasteiger partial charge in [0.05, 0.1) is 12.1 Å². The Morgan fingerprint density at radius 3 is 2.65 bits per heavy atom. The Morgan fingerprint density at radius 2 is 2.05 bits per heavy atom. The number of sulfonamides is 1. The van der Waals surface area contributed by atoms with E-state index in [9.17, 15) is 13.5 Å². The van der Waals surface area contributed by atoms with Crippen molar-refractivity contribution in [3.05, 3.63) is 24.4 Å². The van der Waals surface area contributed by atoms with Crippen LogP contribution in [0.15, 0.2) is 29.3 Å². The van der Waals surface area contributed by atoms with Crippen molar-refractivity contribution in [2.75, 3.05) is 19.4 Å². The summed E-state index contributed by atoms with van der Waals surface area (Å²) in [5, 5.41) is 9.93. The number of hydrogen-bond acceptors (Lipinski definition) is 4. The number of benzene rings is 1. The van der Waals surface area contributed by atoms with Crippen LogP contribution in [-0.2, 0) is 10.0 Å². The minimum absolute atomic E-state index is 0.177. The molecule has 1 aromatic carbocycles. The zero-order chi connectivity index (χ0) is 15.1. The highest BCUT2D eigenvalue weighted by Crippen LogP contribution is 2.29. The lowest BCUT2D eigenvalue weighted by Crippen LogP contribution is -2.47. The highest BCUT2D eigenvalue weighted by atomic mass is 32.2. The fourth-order valence-electron chi connectivity index (χ4n) is 1.90. The van der Waals surface area contributed by atoms with Crippen LogP contribution in [0.4, 0.5) is 5.69 Å². The molecule has 7 heteroatoms. The molecule has 1 heterocycles. The highest BCUT2D eigenvalue weighted by Gasteiger charge is 2.34. The van der Waals surface area contributed by atoms with E-state index in [0.717, 1.165) is 0 Å². The zero-order valence-corrected chi connectivity index (χ0v) is 12.5. The molecule has 0 unspecified atom stereocenters. The van der Waals surface area contributed by atoms with Crippen LogP contribution in [0.5, 0.6) is 0 Å². The molecule has 2 rings (SSSR count). The lowest BCUT2D eigenvalue weighted by atomic mass is 10.1. The number of anilines is 1. The summed E-state index contributed by atoms with van der Waals surface area (Å²) in [7, 11) is -2.24. The van der Waals surface area contributed by atoms with Crippen LogP contribution in [0.3, 0.4) is 0 Å². The van der Waals surface area contributed by atoms with Gasteiger partial charge in [-0.1, -0.05) is 0 Å². The Morgan fingerprint density at radius 1 is 1.40 bits per heavy atom. The molecular weight excluding hydrogens is 278 g/mol. The third-order valence-corrected chi connectivity index (χ3v) is 5.65. The average molecular weight is 297 g/mol. The topological polar surface area (TPSA) is 99.4 Å².